The number of benzene rings is 2. The van der Waals surface area contributed by atoms with Crippen molar-refractivity contribution in [2.75, 3.05) is 46.3 Å². The van der Waals surface area contributed by atoms with Gasteiger partial charge in [0.25, 0.3) is 15.9 Å². The zero-order valence-corrected chi connectivity index (χ0v) is 19.8. The van der Waals surface area contributed by atoms with Crippen LogP contribution in [0.2, 0.25) is 5.02 Å². The zero-order chi connectivity index (χ0) is 23.2. The first-order valence-electron chi connectivity index (χ1n) is 9.44. The van der Waals surface area contributed by atoms with Crippen LogP contribution in [0.25, 0.3) is 0 Å². The summed E-state index contributed by atoms with van der Waals surface area (Å²) in [6.45, 7) is 2.67. The van der Waals surface area contributed by atoms with Gasteiger partial charge in [0.2, 0.25) is 0 Å². The summed E-state index contributed by atoms with van der Waals surface area (Å²) in [5.41, 5.74) is 0.913. The number of carbonyl (C=O) groups excluding carboxylic acids is 1. The van der Waals surface area contributed by atoms with Crippen LogP contribution in [0, 0.1) is 6.92 Å². The lowest BCUT2D eigenvalue weighted by Gasteiger charge is -2.19. The van der Waals surface area contributed by atoms with E-state index in [0.717, 1.165) is 0 Å². The summed E-state index contributed by atoms with van der Waals surface area (Å²) in [6, 6.07) is 7.47. The second-order valence-electron chi connectivity index (χ2n) is 6.85. The molecular weight excluding hydrogens is 444 g/mol. The van der Waals surface area contributed by atoms with Crippen molar-refractivity contribution in [3.05, 3.63) is 46.5 Å². The Bertz CT molecular complexity index is 1040. The van der Waals surface area contributed by atoms with Crippen molar-refractivity contribution in [1.82, 2.24) is 4.90 Å². The van der Waals surface area contributed by atoms with Gasteiger partial charge in [-0.25, -0.2) is 8.42 Å². The molecule has 170 valence electrons. The molecule has 2 aromatic rings. The van der Waals surface area contributed by atoms with E-state index in [4.69, 9.17) is 25.8 Å². The van der Waals surface area contributed by atoms with Crippen molar-refractivity contribution in [1.29, 1.82) is 0 Å². The summed E-state index contributed by atoms with van der Waals surface area (Å²) in [6.07, 6.45) is 0.676. The minimum atomic E-state index is -4.04. The molecule has 0 aliphatic carbocycles. The standard InChI is InChI=1S/C21H27ClN2O6S/c1-14-7-8-15(21(25)24(2)9-6-10-28-3)11-20(14)31(26,27)23-17-12-16(22)18(29-4)13-19(17)30-5/h7-8,11-13,23H,6,9-10H2,1-5H3. The first-order valence-corrected chi connectivity index (χ1v) is 11.3. The van der Waals surface area contributed by atoms with Crippen LogP contribution < -0.4 is 14.2 Å². The second kappa shape index (κ2) is 10.7. The van der Waals surface area contributed by atoms with Gasteiger partial charge in [0.05, 0.1) is 29.8 Å². The molecule has 8 nitrogen and oxygen atoms in total. The Labute approximate surface area is 188 Å². The van der Waals surface area contributed by atoms with E-state index < -0.39 is 10.0 Å². The predicted octanol–water partition coefficient (Wildman–Crippen LogP) is 3.57. The quantitative estimate of drug-likeness (QED) is 0.533. The number of amides is 1. The topological polar surface area (TPSA) is 94.2 Å². The van der Waals surface area contributed by atoms with E-state index in [1.807, 2.05) is 0 Å². The second-order valence-corrected chi connectivity index (χ2v) is 8.90. The number of carbonyl (C=O) groups is 1. The Morgan fingerprint density at radius 2 is 1.77 bits per heavy atom. The van der Waals surface area contributed by atoms with Gasteiger partial charge in [0.1, 0.15) is 11.5 Å². The largest absolute Gasteiger partial charge is 0.495 e. The number of nitrogens with zero attached hydrogens (tertiary/aromatic N) is 1. The van der Waals surface area contributed by atoms with Crippen LogP contribution in [0.15, 0.2) is 35.2 Å². The van der Waals surface area contributed by atoms with Crippen LogP contribution in [0.5, 0.6) is 11.5 Å². The van der Waals surface area contributed by atoms with Crippen LogP contribution in [-0.2, 0) is 14.8 Å². The Kier molecular flexibility index (Phi) is 8.55. The highest BCUT2D eigenvalue weighted by atomic mass is 35.5. The summed E-state index contributed by atoms with van der Waals surface area (Å²) < 4.78 is 44.1. The average molecular weight is 471 g/mol. The molecule has 0 aromatic heterocycles. The zero-order valence-electron chi connectivity index (χ0n) is 18.2. The number of ether oxygens (including phenoxy) is 3. The Hall–Kier alpha value is -2.49. The number of anilines is 1. The lowest BCUT2D eigenvalue weighted by atomic mass is 10.1. The predicted molar refractivity (Wildman–Crippen MR) is 120 cm³/mol. The van der Waals surface area contributed by atoms with Gasteiger partial charge in [-0.2, -0.15) is 0 Å². The molecule has 1 N–H and O–H groups in total. The normalized spacial score (nSPS) is 11.2. The summed E-state index contributed by atoms with van der Waals surface area (Å²) >= 11 is 6.14. The average Bonchev–Trinajstić information content (AvgIpc) is 2.73. The lowest BCUT2D eigenvalue weighted by Crippen LogP contribution is -2.28. The third-order valence-electron chi connectivity index (χ3n) is 4.63. The maximum absolute atomic E-state index is 13.1. The Balaban J connectivity index is 2.36. The molecule has 1 amide bonds. The maximum atomic E-state index is 13.1. The highest BCUT2D eigenvalue weighted by Gasteiger charge is 2.23. The molecule has 0 radical (unpaired) electrons. The van der Waals surface area contributed by atoms with E-state index in [2.05, 4.69) is 4.72 Å². The fraction of sp³-hybridized carbons (Fsp3) is 0.381. The number of hydrogen-bond donors (Lipinski definition) is 1. The molecule has 0 aliphatic heterocycles. The maximum Gasteiger partial charge on any atom is 0.262 e. The fourth-order valence-electron chi connectivity index (χ4n) is 2.93. The number of methoxy groups -OCH3 is 3. The van der Waals surface area contributed by atoms with E-state index >= 15 is 0 Å². The van der Waals surface area contributed by atoms with Crippen molar-refractivity contribution < 1.29 is 27.4 Å². The Morgan fingerprint density at radius 3 is 2.39 bits per heavy atom. The van der Waals surface area contributed by atoms with Gasteiger partial charge in [-0.3, -0.25) is 9.52 Å². The molecule has 0 unspecified atom stereocenters. The summed E-state index contributed by atoms with van der Waals surface area (Å²) in [7, 11) is 2.07. The molecule has 2 rings (SSSR count). The number of rotatable bonds is 10. The van der Waals surface area contributed by atoms with Crippen molar-refractivity contribution in [3.8, 4) is 11.5 Å². The van der Waals surface area contributed by atoms with Crippen LogP contribution in [0.4, 0.5) is 5.69 Å². The van der Waals surface area contributed by atoms with Crippen LogP contribution in [-0.4, -0.2) is 60.8 Å². The van der Waals surface area contributed by atoms with Gasteiger partial charge in [-0.15, -0.1) is 0 Å². The molecule has 10 heteroatoms. The monoisotopic (exact) mass is 470 g/mol. The van der Waals surface area contributed by atoms with Crippen molar-refractivity contribution in [2.24, 2.45) is 0 Å². The van der Waals surface area contributed by atoms with Crippen LogP contribution in [0.3, 0.4) is 0 Å². The third kappa shape index (κ3) is 6.03. The van der Waals surface area contributed by atoms with E-state index in [9.17, 15) is 13.2 Å². The molecule has 0 fully saturated rings. The highest BCUT2D eigenvalue weighted by molar-refractivity contribution is 7.92. The molecule has 0 saturated heterocycles. The van der Waals surface area contributed by atoms with Crippen LogP contribution in [0.1, 0.15) is 22.3 Å². The first kappa shape index (κ1) is 24.8. The minimum absolute atomic E-state index is 0.0161. The van der Waals surface area contributed by atoms with E-state index in [-0.39, 0.29) is 32.8 Å². The summed E-state index contributed by atoms with van der Waals surface area (Å²) in [4.78, 5) is 14.2. The van der Waals surface area contributed by atoms with Crippen molar-refractivity contribution >= 4 is 33.2 Å². The van der Waals surface area contributed by atoms with Gasteiger partial charge in [0.15, 0.2) is 0 Å². The number of hydrogen-bond acceptors (Lipinski definition) is 6. The third-order valence-corrected chi connectivity index (χ3v) is 6.43. The highest BCUT2D eigenvalue weighted by Crippen LogP contribution is 2.37. The first-order chi connectivity index (χ1) is 14.6. The number of sulfonamides is 1. The lowest BCUT2D eigenvalue weighted by molar-refractivity contribution is 0.0779. The van der Waals surface area contributed by atoms with Gasteiger partial charge in [0, 0.05) is 38.9 Å². The van der Waals surface area contributed by atoms with Crippen molar-refractivity contribution in [3.63, 3.8) is 0 Å². The molecule has 0 saturated carbocycles. The molecule has 0 atom stereocenters. The molecule has 0 aliphatic rings. The number of halogens is 1. The SMILES string of the molecule is COCCCN(C)C(=O)c1ccc(C)c(S(=O)(=O)Nc2cc(Cl)c(OC)cc2OC)c1. The smallest absolute Gasteiger partial charge is 0.262 e. The van der Waals surface area contributed by atoms with Crippen molar-refractivity contribution in [2.45, 2.75) is 18.2 Å². The minimum Gasteiger partial charge on any atom is -0.495 e. The van der Waals surface area contributed by atoms with Gasteiger partial charge in [-0.1, -0.05) is 17.7 Å². The molecule has 0 heterocycles. The van der Waals surface area contributed by atoms with E-state index in [0.29, 0.717) is 30.9 Å². The van der Waals surface area contributed by atoms with Gasteiger partial charge >= 0.3 is 0 Å². The van der Waals surface area contributed by atoms with E-state index in [1.54, 1.807) is 33.2 Å². The molecule has 31 heavy (non-hydrogen) atoms. The van der Waals surface area contributed by atoms with E-state index in [1.165, 1.54) is 37.3 Å². The molecule has 0 bridgehead atoms. The summed E-state index contributed by atoms with van der Waals surface area (Å²) in [5.74, 6) is 0.312. The van der Waals surface area contributed by atoms with Gasteiger partial charge in [-0.05, 0) is 37.1 Å². The molecular formula is C21H27ClN2O6S. The van der Waals surface area contributed by atoms with Crippen LogP contribution >= 0.6 is 11.6 Å². The Morgan fingerprint density at radius 1 is 1.10 bits per heavy atom. The fourth-order valence-corrected chi connectivity index (χ4v) is 4.50. The molecule has 0 spiro atoms. The number of aryl methyl sites for hydroxylation is 1. The molecule has 2 aromatic carbocycles. The van der Waals surface area contributed by atoms with Gasteiger partial charge < -0.3 is 19.1 Å². The number of nitrogens with one attached hydrogen (secondary N) is 1. The summed E-state index contributed by atoms with van der Waals surface area (Å²) in [5, 5.41) is 0.222.